The predicted molar refractivity (Wildman–Crippen MR) is 77.7 cm³/mol. The van der Waals surface area contributed by atoms with Crippen LogP contribution in [-0.2, 0) is 6.54 Å². The summed E-state index contributed by atoms with van der Waals surface area (Å²) in [6.45, 7) is 11.3. The number of aromatic nitrogens is 1. The number of hydrogen-bond donors (Lipinski definition) is 1. The summed E-state index contributed by atoms with van der Waals surface area (Å²) in [5.41, 5.74) is 3.03. The molecule has 0 amide bonds. The van der Waals surface area contributed by atoms with Crippen molar-refractivity contribution in [2.75, 3.05) is 26.2 Å². The number of Topliss-reactive ketones (excluding diaryl/α,β-unsaturated/α-hetero) is 1. The Morgan fingerprint density at radius 3 is 2.53 bits per heavy atom. The number of hydrogen-bond acceptors (Lipinski definition) is 3. The van der Waals surface area contributed by atoms with Crippen LogP contribution in [0.1, 0.15) is 42.0 Å². The zero-order valence-electron chi connectivity index (χ0n) is 12.6. The van der Waals surface area contributed by atoms with Crippen molar-refractivity contribution in [1.29, 1.82) is 0 Å². The van der Waals surface area contributed by atoms with E-state index in [2.05, 4.69) is 16.4 Å². The van der Waals surface area contributed by atoms with Gasteiger partial charge in [-0.3, -0.25) is 9.69 Å². The maximum absolute atomic E-state index is 12.4. The number of likely N-dealkylation sites (N-methyl/N-ethyl adjacent to an activating group) is 1. The summed E-state index contributed by atoms with van der Waals surface area (Å²) >= 11 is 0. The molecule has 1 aromatic heterocycles. The Balaban J connectivity index is 2.77. The second-order valence-electron chi connectivity index (χ2n) is 4.90. The van der Waals surface area contributed by atoms with Crippen LogP contribution < -0.4 is 0 Å². The van der Waals surface area contributed by atoms with Crippen molar-refractivity contribution in [2.45, 2.75) is 40.7 Å². The van der Waals surface area contributed by atoms with Gasteiger partial charge in [-0.1, -0.05) is 6.92 Å². The highest BCUT2D eigenvalue weighted by Crippen LogP contribution is 2.16. The van der Waals surface area contributed by atoms with Crippen molar-refractivity contribution >= 4 is 5.78 Å². The van der Waals surface area contributed by atoms with Crippen LogP contribution in [-0.4, -0.2) is 46.6 Å². The zero-order chi connectivity index (χ0) is 14.4. The van der Waals surface area contributed by atoms with Crippen LogP contribution >= 0.6 is 0 Å². The van der Waals surface area contributed by atoms with Crippen LogP contribution in [0.4, 0.5) is 0 Å². The van der Waals surface area contributed by atoms with Crippen LogP contribution in [0.15, 0.2) is 6.07 Å². The molecule has 1 aromatic rings. The molecule has 108 valence electrons. The standard InChI is InChI=1S/C15H26N2O2/c1-5-16(8-7-9-18)11-15(19)14-10-12(3)17(6-2)13(14)4/h10,18H,5-9,11H2,1-4H3. The number of aryl methyl sites for hydroxylation is 1. The first-order valence-electron chi connectivity index (χ1n) is 7.08. The minimum Gasteiger partial charge on any atom is -0.396 e. The molecule has 0 aliphatic heterocycles. The second-order valence-corrected chi connectivity index (χ2v) is 4.90. The van der Waals surface area contributed by atoms with E-state index in [1.807, 2.05) is 26.8 Å². The molecule has 0 aromatic carbocycles. The van der Waals surface area contributed by atoms with Gasteiger partial charge in [0.1, 0.15) is 0 Å². The molecule has 4 nitrogen and oxygen atoms in total. The van der Waals surface area contributed by atoms with Gasteiger partial charge in [0.25, 0.3) is 0 Å². The minimum atomic E-state index is 0.174. The Hall–Kier alpha value is -1.13. The zero-order valence-corrected chi connectivity index (χ0v) is 12.6. The fourth-order valence-electron chi connectivity index (χ4n) is 2.50. The van der Waals surface area contributed by atoms with Crippen LogP contribution in [0.3, 0.4) is 0 Å². The van der Waals surface area contributed by atoms with E-state index in [1.54, 1.807) is 0 Å². The van der Waals surface area contributed by atoms with Crippen LogP contribution in [0, 0.1) is 13.8 Å². The molecular weight excluding hydrogens is 240 g/mol. The molecule has 19 heavy (non-hydrogen) atoms. The van der Waals surface area contributed by atoms with Gasteiger partial charge < -0.3 is 9.67 Å². The van der Waals surface area contributed by atoms with Gasteiger partial charge in [0.15, 0.2) is 5.78 Å². The molecule has 1 N–H and O–H groups in total. The van der Waals surface area contributed by atoms with Gasteiger partial charge in [0, 0.05) is 36.6 Å². The average molecular weight is 266 g/mol. The predicted octanol–water partition coefficient (Wildman–Crippen LogP) is 2.01. The third kappa shape index (κ3) is 3.91. The molecule has 0 radical (unpaired) electrons. The Morgan fingerprint density at radius 2 is 2.05 bits per heavy atom. The molecule has 0 unspecified atom stereocenters. The van der Waals surface area contributed by atoms with E-state index < -0.39 is 0 Å². The Labute approximate surface area is 116 Å². The Morgan fingerprint density at radius 1 is 1.37 bits per heavy atom. The molecule has 0 bridgehead atoms. The number of aliphatic hydroxyl groups excluding tert-OH is 1. The highest BCUT2D eigenvalue weighted by molar-refractivity contribution is 5.99. The smallest absolute Gasteiger partial charge is 0.178 e. The van der Waals surface area contributed by atoms with Crippen molar-refractivity contribution in [1.82, 2.24) is 9.47 Å². The van der Waals surface area contributed by atoms with Gasteiger partial charge in [0.05, 0.1) is 6.54 Å². The summed E-state index contributed by atoms with van der Waals surface area (Å²) in [7, 11) is 0. The van der Waals surface area contributed by atoms with Gasteiger partial charge in [0.2, 0.25) is 0 Å². The second kappa shape index (κ2) is 7.46. The van der Waals surface area contributed by atoms with Crippen LogP contribution in [0.25, 0.3) is 0 Å². The fourth-order valence-corrected chi connectivity index (χ4v) is 2.50. The fraction of sp³-hybridized carbons (Fsp3) is 0.667. The maximum atomic E-state index is 12.4. The van der Waals surface area contributed by atoms with Crippen molar-refractivity contribution in [3.63, 3.8) is 0 Å². The molecule has 0 saturated heterocycles. The van der Waals surface area contributed by atoms with E-state index in [4.69, 9.17) is 5.11 Å². The van der Waals surface area contributed by atoms with E-state index in [9.17, 15) is 4.79 Å². The van der Waals surface area contributed by atoms with Gasteiger partial charge in [-0.2, -0.15) is 0 Å². The topological polar surface area (TPSA) is 45.5 Å². The van der Waals surface area contributed by atoms with E-state index in [0.717, 1.165) is 43.0 Å². The molecule has 1 rings (SSSR count). The molecule has 0 spiro atoms. The maximum Gasteiger partial charge on any atom is 0.178 e. The molecular formula is C15H26N2O2. The summed E-state index contributed by atoms with van der Waals surface area (Å²) in [4.78, 5) is 14.4. The Kier molecular flexibility index (Phi) is 6.25. The summed E-state index contributed by atoms with van der Waals surface area (Å²) in [6.07, 6.45) is 0.717. The molecule has 0 fully saturated rings. The lowest BCUT2D eigenvalue weighted by atomic mass is 10.1. The van der Waals surface area contributed by atoms with E-state index in [1.165, 1.54) is 0 Å². The van der Waals surface area contributed by atoms with Gasteiger partial charge >= 0.3 is 0 Å². The lowest BCUT2D eigenvalue weighted by molar-refractivity contribution is 0.0927. The van der Waals surface area contributed by atoms with Crippen molar-refractivity contribution in [3.8, 4) is 0 Å². The van der Waals surface area contributed by atoms with E-state index in [-0.39, 0.29) is 12.4 Å². The molecule has 0 saturated carbocycles. The highest BCUT2D eigenvalue weighted by Gasteiger charge is 2.17. The first kappa shape index (κ1) is 15.9. The first-order valence-corrected chi connectivity index (χ1v) is 7.08. The van der Waals surface area contributed by atoms with Crippen molar-refractivity contribution < 1.29 is 9.90 Å². The van der Waals surface area contributed by atoms with Crippen molar-refractivity contribution in [2.24, 2.45) is 0 Å². The highest BCUT2D eigenvalue weighted by atomic mass is 16.3. The average Bonchev–Trinajstić information content (AvgIpc) is 2.69. The van der Waals surface area contributed by atoms with Crippen LogP contribution in [0.5, 0.6) is 0 Å². The molecule has 0 atom stereocenters. The monoisotopic (exact) mass is 266 g/mol. The summed E-state index contributed by atoms with van der Waals surface area (Å²) in [5.74, 6) is 0.174. The summed E-state index contributed by atoms with van der Waals surface area (Å²) < 4.78 is 2.16. The normalized spacial score (nSPS) is 11.3. The van der Waals surface area contributed by atoms with Gasteiger partial charge in [-0.25, -0.2) is 0 Å². The quantitative estimate of drug-likeness (QED) is 0.732. The lowest BCUT2D eigenvalue weighted by Crippen LogP contribution is -2.31. The number of carbonyl (C=O) groups is 1. The minimum absolute atomic E-state index is 0.174. The number of aliphatic hydroxyl groups is 1. The molecule has 0 aliphatic rings. The summed E-state index contributed by atoms with van der Waals surface area (Å²) in [5, 5.41) is 8.86. The van der Waals surface area contributed by atoms with E-state index >= 15 is 0 Å². The van der Waals surface area contributed by atoms with E-state index in [0.29, 0.717) is 6.54 Å². The van der Waals surface area contributed by atoms with Gasteiger partial charge in [-0.05, 0) is 39.8 Å². The SMILES string of the molecule is CCN(CCCO)CC(=O)c1cc(C)n(CC)c1C. The third-order valence-corrected chi connectivity index (χ3v) is 3.64. The molecule has 1 heterocycles. The van der Waals surface area contributed by atoms with Crippen molar-refractivity contribution in [3.05, 3.63) is 23.0 Å². The largest absolute Gasteiger partial charge is 0.396 e. The summed E-state index contributed by atoms with van der Waals surface area (Å²) in [6, 6.07) is 1.99. The Bertz CT molecular complexity index is 424. The first-order chi connectivity index (χ1) is 9.04. The number of ketones is 1. The van der Waals surface area contributed by atoms with Crippen LogP contribution in [0.2, 0.25) is 0 Å². The number of carbonyl (C=O) groups excluding carboxylic acids is 1. The van der Waals surface area contributed by atoms with Gasteiger partial charge in [-0.15, -0.1) is 0 Å². The molecule has 0 aliphatic carbocycles. The third-order valence-electron chi connectivity index (χ3n) is 3.64. The lowest BCUT2D eigenvalue weighted by Gasteiger charge is -2.18. The molecule has 4 heteroatoms. The number of rotatable bonds is 8. The number of nitrogens with zero attached hydrogens (tertiary/aromatic N) is 2.